The fourth-order valence-corrected chi connectivity index (χ4v) is 8.30. The molecule has 4 aliphatic heterocycles. The van der Waals surface area contributed by atoms with Gasteiger partial charge in [-0.05, 0) is 104 Å². The zero-order valence-electron chi connectivity index (χ0n) is 36.5. The molecule has 6 heterocycles. The van der Waals surface area contributed by atoms with E-state index in [9.17, 15) is 19.2 Å². The number of nitrogens with zero attached hydrogens (tertiary/aromatic N) is 8. The summed E-state index contributed by atoms with van der Waals surface area (Å²) < 4.78 is 47.1. The van der Waals surface area contributed by atoms with E-state index in [0.717, 1.165) is 77.1 Å². The molecule has 16 nitrogen and oxygen atoms in total. The summed E-state index contributed by atoms with van der Waals surface area (Å²) in [6.45, 7) is 13.3. The Labute approximate surface area is 383 Å². The second-order valence-electron chi connectivity index (χ2n) is 18.4. The van der Waals surface area contributed by atoms with E-state index >= 15 is 0 Å². The normalized spacial score (nSPS) is 20.4. The number of hydrogen-bond donors (Lipinski definition) is 1. The number of fused-ring (bicyclic) bond motifs is 2. The highest BCUT2D eigenvalue weighted by Crippen LogP contribution is 2.37. The Morgan fingerprint density at radius 3 is 1.68 bits per heavy atom. The van der Waals surface area contributed by atoms with Gasteiger partial charge in [0.15, 0.2) is 12.5 Å². The average molecular weight is 1000 g/mol. The fraction of sp³-hybridized carbons (Fsp3) is 0.591. The number of halogens is 3. The van der Waals surface area contributed by atoms with Gasteiger partial charge in [0.2, 0.25) is 0 Å². The number of hydrogen-bond acceptors (Lipinski definition) is 12. The Kier molecular flexibility index (Phi) is 15.0. The molecule has 2 unspecified atom stereocenters. The first-order valence-corrected chi connectivity index (χ1v) is 22.6. The number of benzene rings is 2. The van der Waals surface area contributed by atoms with Gasteiger partial charge >= 0.3 is 12.2 Å². The van der Waals surface area contributed by atoms with Crippen molar-refractivity contribution in [3.63, 3.8) is 0 Å². The molecule has 340 valence electrons. The molecule has 4 saturated heterocycles. The molecule has 0 aliphatic carbocycles. The van der Waals surface area contributed by atoms with Crippen molar-refractivity contribution in [2.75, 3.05) is 52.6 Å². The van der Waals surface area contributed by atoms with Gasteiger partial charge in [-0.15, -0.1) is 0 Å². The molecule has 19 heteroatoms. The molecule has 2 atom stereocenters. The molecule has 2 aromatic carbocycles. The van der Waals surface area contributed by atoms with Crippen molar-refractivity contribution in [1.29, 1.82) is 10.5 Å². The number of likely N-dealkylation sites (tertiary alicyclic amines) is 2. The summed E-state index contributed by atoms with van der Waals surface area (Å²) in [4.78, 5) is 26.6. The van der Waals surface area contributed by atoms with Gasteiger partial charge in [-0.3, -0.25) is 0 Å². The van der Waals surface area contributed by atoms with E-state index in [1.165, 1.54) is 15.9 Å². The van der Waals surface area contributed by atoms with E-state index < -0.39 is 34.2 Å². The maximum atomic E-state index is 13.7. The molecule has 2 amide bonds. The number of carbonyl (C=O) groups is 2. The summed E-state index contributed by atoms with van der Waals surface area (Å²) in [5.74, 6) is 0.396. The van der Waals surface area contributed by atoms with Crippen LogP contribution < -0.4 is 4.74 Å². The molecule has 63 heavy (non-hydrogen) atoms. The van der Waals surface area contributed by atoms with Crippen LogP contribution in [0.2, 0.25) is 0 Å². The molecule has 4 aliphatic rings. The lowest BCUT2D eigenvalue weighted by Gasteiger charge is -2.45. The minimum absolute atomic E-state index is 0.0602. The second-order valence-corrected chi connectivity index (χ2v) is 20.2. The van der Waals surface area contributed by atoms with Crippen LogP contribution in [0, 0.1) is 39.3 Å². The van der Waals surface area contributed by atoms with E-state index in [0.29, 0.717) is 11.1 Å². The third-order valence-electron chi connectivity index (χ3n) is 10.7. The molecule has 8 rings (SSSR count). The van der Waals surface area contributed by atoms with Crippen molar-refractivity contribution in [3.05, 3.63) is 51.4 Å². The van der Waals surface area contributed by atoms with Gasteiger partial charge < -0.3 is 38.6 Å². The van der Waals surface area contributed by atoms with E-state index in [-0.39, 0.29) is 57.7 Å². The van der Waals surface area contributed by atoms with Gasteiger partial charge in [0.25, 0.3) is 0 Å². The number of rotatable bonds is 6. The molecule has 1 N–H and O–H groups in total. The highest BCUT2D eigenvalue weighted by Gasteiger charge is 2.48. The lowest BCUT2D eigenvalue weighted by Crippen LogP contribution is -2.61. The summed E-state index contributed by atoms with van der Waals surface area (Å²) in [5, 5.41) is 37.7. The summed E-state index contributed by atoms with van der Waals surface area (Å²) in [5.41, 5.74) is -0.926. The molecule has 4 aromatic rings. The third-order valence-corrected chi connectivity index (χ3v) is 11.6. The maximum absolute atomic E-state index is 13.7. The number of ether oxygens (including phenoxy) is 5. The van der Waals surface area contributed by atoms with Crippen LogP contribution in [-0.2, 0) is 18.9 Å². The molecule has 0 bridgehead atoms. The average Bonchev–Trinajstić information content (AvgIpc) is 3.82. The van der Waals surface area contributed by atoms with E-state index in [1.807, 2.05) is 49.7 Å². The summed E-state index contributed by atoms with van der Waals surface area (Å²) in [6, 6.07) is 11.6. The first kappa shape index (κ1) is 47.9. The third kappa shape index (κ3) is 11.8. The Morgan fingerprint density at radius 2 is 1.24 bits per heavy atom. The molecule has 0 spiro atoms. The number of aliphatic hydroxyl groups excluding tert-OH is 1. The maximum Gasteiger partial charge on any atom is 0.410 e. The summed E-state index contributed by atoms with van der Waals surface area (Å²) in [6.07, 6.45) is 8.64. The highest BCUT2D eigenvalue weighted by molar-refractivity contribution is 9.10. The standard InChI is InChI=1S/C22H27BrN4O4.C12H12BrFN2O.C10H16N2O3/c1-21(2,3)31-20(28)26-12-22(11-24,13-26)14-30-18-9-15(23)8-17-16(18)10-25-27(17)19-6-4-5-7-29-19;13-8-5-10(14)9-7-15-16(11(9)6-8)12-3-1-2-4-17-12;1-9(2,3)15-8(14)12-5-10(4-11,6-12)7-13/h8-10,19H,4-7,12-14H2,1-3H3;5-7,12H,1-4H2;13H,5-7H2,1-3H3. The Hall–Kier alpha value is -4.53. The van der Waals surface area contributed by atoms with Gasteiger partial charge in [-0.1, -0.05) is 31.9 Å². The van der Waals surface area contributed by atoms with E-state index in [4.69, 9.17) is 34.1 Å². The van der Waals surface area contributed by atoms with Crippen LogP contribution in [0.5, 0.6) is 5.75 Å². The topological polar surface area (TPSA) is 190 Å². The van der Waals surface area contributed by atoms with Crippen LogP contribution in [0.1, 0.15) is 92.5 Å². The van der Waals surface area contributed by atoms with Gasteiger partial charge in [-0.2, -0.15) is 20.7 Å². The number of aliphatic hydroxyl groups is 1. The predicted octanol–water partition coefficient (Wildman–Crippen LogP) is 9.01. The first-order chi connectivity index (χ1) is 29.8. The van der Waals surface area contributed by atoms with Gasteiger partial charge in [0.05, 0.1) is 52.9 Å². The fourth-order valence-electron chi connectivity index (χ4n) is 7.46. The van der Waals surface area contributed by atoms with Gasteiger partial charge in [0.1, 0.15) is 40.2 Å². The van der Waals surface area contributed by atoms with Crippen LogP contribution in [-0.4, -0.2) is 110 Å². The number of carbonyl (C=O) groups excluding carboxylic acids is 2. The number of nitriles is 2. The molecule has 0 saturated carbocycles. The SMILES string of the molecule is CC(C)(C)OC(=O)N1CC(C#N)(CO)C1.CC(C)(C)OC(=O)N1CC(C#N)(COc2cc(Br)cc3c2cnn3C2CCCCO2)C1.Fc1cc(Br)cc2c1cnn2C1CCCCO1. The first-order valence-electron chi connectivity index (χ1n) is 21.0. The number of aromatic nitrogens is 4. The van der Waals surface area contributed by atoms with Crippen molar-refractivity contribution in [2.45, 2.75) is 104 Å². The van der Waals surface area contributed by atoms with Gasteiger partial charge in [0, 0.05) is 48.3 Å². The molecule has 4 fully saturated rings. The van der Waals surface area contributed by atoms with E-state index in [1.54, 1.807) is 37.8 Å². The Balaban J connectivity index is 0.000000174. The minimum atomic E-state index is -0.781. The van der Waals surface area contributed by atoms with Crippen molar-refractivity contribution < 1.29 is 42.8 Å². The molecular formula is C44H55Br2FN8O8. The van der Waals surface area contributed by atoms with Crippen LogP contribution in [0.4, 0.5) is 14.0 Å². The smallest absolute Gasteiger partial charge is 0.410 e. The molecule has 2 aromatic heterocycles. The Bertz CT molecular complexity index is 2340. The summed E-state index contributed by atoms with van der Waals surface area (Å²) >= 11 is 6.86. The zero-order chi connectivity index (χ0) is 45.7. The van der Waals surface area contributed by atoms with Crippen LogP contribution in [0.3, 0.4) is 0 Å². The lowest BCUT2D eigenvalue weighted by molar-refractivity contribution is -0.0367. The second kappa shape index (κ2) is 19.7. The molecule has 0 radical (unpaired) electrons. The quantitative estimate of drug-likeness (QED) is 0.193. The van der Waals surface area contributed by atoms with Gasteiger partial charge in [-0.25, -0.2) is 23.3 Å². The lowest BCUT2D eigenvalue weighted by atomic mass is 9.82. The largest absolute Gasteiger partial charge is 0.491 e. The molecular weight excluding hydrogens is 947 g/mol. The Morgan fingerprint density at radius 1 is 0.778 bits per heavy atom. The van der Waals surface area contributed by atoms with Crippen molar-refractivity contribution in [2.24, 2.45) is 10.8 Å². The van der Waals surface area contributed by atoms with Crippen molar-refractivity contribution in [1.82, 2.24) is 29.4 Å². The summed E-state index contributed by atoms with van der Waals surface area (Å²) in [7, 11) is 0. The minimum Gasteiger partial charge on any atom is -0.491 e. The van der Waals surface area contributed by atoms with Crippen molar-refractivity contribution >= 4 is 65.9 Å². The van der Waals surface area contributed by atoms with Crippen molar-refractivity contribution in [3.8, 4) is 17.9 Å². The monoisotopic (exact) mass is 1000 g/mol. The number of amides is 2. The zero-order valence-corrected chi connectivity index (χ0v) is 39.7. The van der Waals surface area contributed by atoms with E-state index in [2.05, 4.69) is 48.1 Å². The van der Waals surface area contributed by atoms with Crippen LogP contribution >= 0.6 is 31.9 Å². The highest BCUT2D eigenvalue weighted by atomic mass is 79.9. The van der Waals surface area contributed by atoms with Crippen LogP contribution in [0.15, 0.2) is 45.6 Å². The van der Waals surface area contributed by atoms with Crippen LogP contribution in [0.25, 0.3) is 21.8 Å². The predicted molar refractivity (Wildman–Crippen MR) is 237 cm³/mol.